The normalized spacial score (nSPS) is 25.3. The lowest BCUT2D eigenvalue weighted by Gasteiger charge is -2.39. The van der Waals surface area contributed by atoms with Crippen molar-refractivity contribution in [2.75, 3.05) is 6.61 Å². The summed E-state index contributed by atoms with van der Waals surface area (Å²) in [5.74, 6) is -3.02. The number of phenols is 4. The van der Waals surface area contributed by atoms with Gasteiger partial charge < -0.3 is 54.7 Å². The highest BCUT2D eigenvalue weighted by Gasteiger charge is 2.46. The molecule has 4 rings (SSSR count). The van der Waals surface area contributed by atoms with Gasteiger partial charge in [0.05, 0.1) is 6.61 Å². The van der Waals surface area contributed by atoms with Crippen LogP contribution in [0.2, 0.25) is 0 Å². The SMILES string of the molecule is O=c1c(O[C@H]2[C@H](O)[C@@H](O)[C@@H](O)O[C@@H]2CO)c(-c2ccc(O)c(O)c2)oc2cc(O)cc(O)c12. The molecule has 1 saturated heterocycles. The number of hydrogen-bond acceptors (Lipinski definition) is 12. The molecular weight excluding hydrogens is 444 g/mol. The Morgan fingerprint density at radius 2 is 1.64 bits per heavy atom. The van der Waals surface area contributed by atoms with E-state index >= 15 is 0 Å². The standard InChI is InChI=1S/C21H20O12/c22-6-13-19(16(28)17(29)21(30)32-13)33-20-15(27)14-11(26)4-8(23)5-12(14)31-18(20)7-1-2-9(24)10(25)3-7/h1-5,13,16-17,19,21-26,28-30H,6H2/t13-,16-,17-,19-,21+/m1/s1. The van der Waals surface area contributed by atoms with Crippen molar-refractivity contribution in [3.8, 4) is 40.1 Å². The maximum absolute atomic E-state index is 13.3. The van der Waals surface area contributed by atoms with Gasteiger partial charge in [-0.2, -0.15) is 0 Å². The number of aliphatic hydroxyl groups excluding tert-OH is 4. The van der Waals surface area contributed by atoms with Gasteiger partial charge in [0, 0.05) is 17.7 Å². The maximum atomic E-state index is 13.3. The van der Waals surface area contributed by atoms with Crippen molar-refractivity contribution >= 4 is 11.0 Å². The minimum absolute atomic E-state index is 0.0227. The van der Waals surface area contributed by atoms with Crippen LogP contribution in [0, 0.1) is 0 Å². The van der Waals surface area contributed by atoms with Gasteiger partial charge in [-0.15, -0.1) is 0 Å². The molecule has 0 aliphatic carbocycles. The van der Waals surface area contributed by atoms with Crippen molar-refractivity contribution in [3.05, 3.63) is 40.6 Å². The summed E-state index contributed by atoms with van der Waals surface area (Å²) in [7, 11) is 0. The second-order valence-electron chi connectivity index (χ2n) is 7.44. The first kappa shape index (κ1) is 22.6. The summed E-state index contributed by atoms with van der Waals surface area (Å²) in [6.07, 6.45) is -8.42. The lowest BCUT2D eigenvalue weighted by atomic mass is 9.98. The van der Waals surface area contributed by atoms with Crippen LogP contribution >= 0.6 is 0 Å². The molecule has 0 amide bonds. The molecule has 0 unspecified atom stereocenters. The predicted octanol–water partition coefficient (Wildman–Crippen LogP) is -0.539. The van der Waals surface area contributed by atoms with Crippen molar-refractivity contribution in [1.82, 2.24) is 0 Å². The van der Waals surface area contributed by atoms with E-state index in [1.807, 2.05) is 0 Å². The first-order valence-electron chi connectivity index (χ1n) is 9.64. The highest BCUT2D eigenvalue weighted by atomic mass is 16.7. The smallest absolute Gasteiger partial charge is 0.239 e. The van der Waals surface area contributed by atoms with Gasteiger partial charge >= 0.3 is 0 Å². The van der Waals surface area contributed by atoms with Crippen molar-refractivity contribution in [3.63, 3.8) is 0 Å². The largest absolute Gasteiger partial charge is 0.508 e. The minimum Gasteiger partial charge on any atom is -0.508 e. The Labute approximate surface area is 184 Å². The Bertz CT molecular complexity index is 1250. The third-order valence-corrected chi connectivity index (χ3v) is 5.25. The molecule has 1 fully saturated rings. The summed E-state index contributed by atoms with van der Waals surface area (Å²) < 4.78 is 16.3. The zero-order valence-corrected chi connectivity index (χ0v) is 16.7. The van der Waals surface area contributed by atoms with E-state index in [-0.39, 0.29) is 22.3 Å². The zero-order valence-electron chi connectivity index (χ0n) is 16.7. The van der Waals surface area contributed by atoms with E-state index in [0.29, 0.717) is 0 Å². The Morgan fingerprint density at radius 1 is 0.909 bits per heavy atom. The molecule has 0 bridgehead atoms. The van der Waals surface area contributed by atoms with Crippen LogP contribution < -0.4 is 10.2 Å². The second-order valence-corrected chi connectivity index (χ2v) is 7.44. The van der Waals surface area contributed by atoms with Crippen LogP contribution in [0.3, 0.4) is 0 Å². The van der Waals surface area contributed by atoms with Gasteiger partial charge in [0.15, 0.2) is 29.7 Å². The summed E-state index contributed by atoms with van der Waals surface area (Å²) in [4.78, 5) is 13.3. The number of hydrogen-bond donors (Lipinski definition) is 8. The molecule has 0 saturated carbocycles. The van der Waals surface area contributed by atoms with Crippen LogP contribution in [0.1, 0.15) is 0 Å². The molecule has 1 aliphatic heterocycles. The van der Waals surface area contributed by atoms with Gasteiger partial charge in [0.2, 0.25) is 11.2 Å². The maximum Gasteiger partial charge on any atom is 0.239 e. The van der Waals surface area contributed by atoms with Gasteiger partial charge in [-0.05, 0) is 18.2 Å². The van der Waals surface area contributed by atoms with E-state index < -0.39 is 71.5 Å². The van der Waals surface area contributed by atoms with Gasteiger partial charge in [-0.1, -0.05) is 0 Å². The number of benzene rings is 2. The van der Waals surface area contributed by atoms with E-state index in [0.717, 1.165) is 24.3 Å². The number of rotatable bonds is 4. The lowest BCUT2D eigenvalue weighted by molar-refractivity contribution is -0.282. The molecular formula is C21H20O12. The topological polar surface area (TPSA) is 211 Å². The third-order valence-electron chi connectivity index (χ3n) is 5.25. The fourth-order valence-electron chi connectivity index (χ4n) is 3.58. The zero-order chi connectivity index (χ0) is 24.0. The molecule has 12 nitrogen and oxygen atoms in total. The van der Waals surface area contributed by atoms with Crippen LogP contribution in [0.15, 0.2) is 39.5 Å². The first-order chi connectivity index (χ1) is 15.6. The molecule has 12 heteroatoms. The molecule has 0 spiro atoms. The van der Waals surface area contributed by atoms with E-state index in [1.165, 1.54) is 6.07 Å². The van der Waals surface area contributed by atoms with Crippen LogP contribution in [0.25, 0.3) is 22.3 Å². The Kier molecular flexibility index (Phi) is 5.78. The lowest BCUT2D eigenvalue weighted by Crippen LogP contribution is -2.60. The van der Waals surface area contributed by atoms with Crippen molar-refractivity contribution < 1.29 is 54.7 Å². The summed E-state index contributed by atoms with van der Waals surface area (Å²) >= 11 is 0. The molecule has 5 atom stereocenters. The molecule has 2 heterocycles. The molecule has 8 N–H and O–H groups in total. The predicted molar refractivity (Wildman–Crippen MR) is 109 cm³/mol. The van der Waals surface area contributed by atoms with E-state index in [4.69, 9.17) is 13.9 Å². The van der Waals surface area contributed by atoms with Crippen LogP contribution in [-0.2, 0) is 4.74 Å². The van der Waals surface area contributed by atoms with Gasteiger partial charge in [0.25, 0.3) is 0 Å². The third kappa shape index (κ3) is 3.90. The highest BCUT2D eigenvalue weighted by molar-refractivity contribution is 5.88. The van der Waals surface area contributed by atoms with Crippen molar-refractivity contribution in [1.29, 1.82) is 0 Å². The Hall–Kier alpha value is -3.55. The number of ether oxygens (including phenoxy) is 2. The minimum atomic E-state index is -1.84. The second kappa shape index (κ2) is 8.42. The molecule has 176 valence electrons. The van der Waals surface area contributed by atoms with Crippen LogP contribution in [-0.4, -0.2) is 78.2 Å². The first-order valence-corrected chi connectivity index (χ1v) is 9.64. The van der Waals surface area contributed by atoms with Crippen LogP contribution in [0.4, 0.5) is 0 Å². The molecule has 2 aromatic carbocycles. The number of aliphatic hydroxyl groups is 4. The van der Waals surface area contributed by atoms with Gasteiger partial charge in [0.1, 0.15) is 40.8 Å². The quantitative estimate of drug-likeness (QED) is 0.229. The van der Waals surface area contributed by atoms with Crippen molar-refractivity contribution in [2.24, 2.45) is 0 Å². The fraction of sp³-hybridized carbons (Fsp3) is 0.286. The van der Waals surface area contributed by atoms with Gasteiger partial charge in [-0.25, -0.2) is 0 Å². The molecule has 3 aromatic rings. The van der Waals surface area contributed by atoms with E-state index in [2.05, 4.69) is 0 Å². The number of aromatic hydroxyl groups is 4. The molecule has 1 aliphatic rings. The van der Waals surface area contributed by atoms with Crippen LogP contribution in [0.5, 0.6) is 28.7 Å². The van der Waals surface area contributed by atoms with Crippen molar-refractivity contribution in [2.45, 2.75) is 30.7 Å². The number of fused-ring (bicyclic) bond motifs is 1. The summed E-state index contributed by atoms with van der Waals surface area (Å²) in [5.41, 5.74) is -1.18. The molecule has 0 radical (unpaired) electrons. The molecule has 33 heavy (non-hydrogen) atoms. The number of phenolic OH excluding ortho intramolecular Hbond substituents is 4. The van der Waals surface area contributed by atoms with Gasteiger partial charge in [-0.3, -0.25) is 4.79 Å². The van der Waals surface area contributed by atoms with E-state index in [9.17, 15) is 45.6 Å². The molecule has 1 aromatic heterocycles. The summed E-state index contributed by atoms with van der Waals surface area (Å²) in [6, 6.07) is 5.37. The summed E-state index contributed by atoms with van der Waals surface area (Å²) in [6.45, 7) is -0.765. The highest BCUT2D eigenvalue weighted by Crippen LogP contribution is 2.39. The fourth-order valence-corrected chi connectivity index (χ4v) is 3.58. The average Bonchev–Trinajstić information content (AvgIpc) is 2.76. The average molecular weight is 464 g/mol. The Morgan fingerprint density at radius 3 is 2.30 bits per heavy atom. The Balaban J connectivity index is 1.94. The monoisotopic (exact) mass is 464 g/mol. The summed E-state index contributed by atoms with van der Waals surface area (Å²) in [5, 5.41) is 78.7. The van der Waals surface area contributed by atoms with E-state index in [1.54, 1.807) is 0 Å².